The fourth-order valence-corrected chi connectivity index (χ4v) is 3.31. The first-order valence-corrected chi connectivity index (χ1v) is 9.08. The molecule has 0 aliphatic carbocycles. The van der Waals surface area contributed by atoms with E-state index in [1.54, 1.807) is 12.1 Å². The molecule has 0 fully saturated rings. The number of ether oxygens (including phenoxy) is 1. The zero-order valence-corrected chi connectivity index (χ0v) is 15.8. The van der Waals surface area contributed by atoms with Gasteiger partial charge in [-0.2, -0.15) is 0 Å². The molecule has 3 heterocycles. The van der Waals surface area contributed by atoms with Crippen molar-refractivity contribution in [1.82, 2.24) is 19.5 Å². The standard InChI is InChI=1S/C21H22N6O/c1-13(12-28-16-6-4-3-5-7-16)27-14(2)24-18-9-8-17(25-21(18)27)15-10-19(22)26-20(23)11-15/h3-11,13H,12H2,1-2H3,(H4,22,23,26)/t13-/m1/s1. The quantitative estimate of drug-likeness (QED) is 0.553. The second-order valence-corrected chi connectivity index (χ2v) is 6.75. The molecule has 0 aliphatic rings. The van der Waals surface area contributed by atoms with Crippen LogP contribution in [0.5, 0.6) is 5.75 Å². The maximum absolute atomic E-state index is 5.92. The van der Waals surface area contributed by atoms with Crippen LogP contribution in [0.4, 0.5) is 11.6 Å². The fraction of sp³-hybridized carbons (Fsp3) is 0.190. The average molecular weight is 374 g/mol. The highest BCUT2D eigenvalue weighted by atomic mass is 16.5. The van der Waals surface area contributed by atoms with Gasteiger partial charge in [0, 0.05) is 5.56 Å². The van der Waals surface area contributed by atoms with E-state index >= 15 is 0 Å². The minimum atomic E-state index is 0.0561. The van der Waals surface area contributed by atoms with E-state index in [0.717, 1.165) is 34.0 Å². The monoisotopic (exact) mass is 374 g/mol. The van der Waals surface area contributed by atoms with Gasteiger partial charge in [0.05, 0.1) is 11.7 Å². The first-order chi connectivity index (χ1) is 13.5. The molecule has 1 aromatic carbocycles. The summed E-state index contributed by atoms with van der Waals surface area (Å²) in [6.07, 6.45) is 0. The number of aromatic nitrogens is 4. The molecule has 0 unspecified atom stereocenters. The molecule has 1 atom stereocenters. The molecule has 0 bridgehead atoms. The van der Waals surface area contributed by atoms with Crippen LogP contribution in [0.25, 0.3) is 22.4 Å². The molecule has 0 radical (unpaired) electrons. The second kappa shape index (κ2) is 7.19. The Morgan fingerprint density at radius 3 is 2.39 bits per heavy atom. The minimum Gasteiger partial charge on any atom is -0.491 e. The molecule has 0 amide bonds. The zero-order chi connectivity index (χ0) is 19.7. The van der Waals surface area contributed by atoms with Crippen molar-refractivity contribution < 1.29 is 4.74 Å². The van der Waals surface area contributed by atoms with Crippen LogP contribution in [0.3, 0.4) is 0 Å². The minimum absolute atomic E-state index is 0.0561. The summed E-state index contributed by atoms with van der Waals surface area (Å²) in [6, 6.07) is 17.2. The SMILES string of the molecule is Cc1nc2ccc(-c3cc(N)nc(N)c3)nc2n1[C@H](C)COc1ccccc1. The first kappa shape index (κ1) is 17.8. The Labute approximate surface area is 163 Å². The van der Waals surface area contributed by atoms with E-state index in [2.05, 4.69) is 21.5 Å². The normalized spacial score (nSPS) is 12.2. The van der Waals surface area contributed by atoms with Gasteiger partial charge in [-0.3, -0.25) is 0 Å². The molecule has 4 aromatic rings. The number of pyridine rings is 2. The lowest BCUT2D eigenvalue weighted by Crippen LogP contribution is -2.16. The Morgan fingerprint density at radius 1 is 0.964 bits per heavy atom. The van der Waals surface area contributed by atoms with Gasteiger partial charge in [-0.25, -0.2) is 15.0 Å². The van der Waals surface area contributed by atoms with Crippen LogP contribution in [0.1, 0.15) is 18.8 Å². The molecule has 0 saturated heterocycles. The summed E-state index contributed by atoms with van der Waals surface area (Å²) in [7, 11) is 0. The number of imidazole rings is 1. The van der Waals surface area contributed by atoms with Gasteiger partial charge in [0.2, 0.25) is 0 Å². The molecule has 4 rings (SSSR count). The number of rotatable bonds is 5. The lowest BCUT2D eigenvalue weighted by atomic mass is 10.1. The Kier molecular flexibility index (Phi) is 4.57. The molecule has 3 aromatic heterocycles. The van der Waals surface area contributed by atoms with E-state index in [-0.39, 0.29) is 6.04 Å². The Hall–Kier alpha value is -3.61. The van der Waals surface area contributed by atoms with Gasteiger partial charge in [0.15, 0.2) is 5.65 Å². The van der Waals surface area contributed by atoms with Crippen molar-refractivity contribution in [3.63, 3.8) is 0 Å². The third-order valence-corrected chi connectivity index (χ3v) is 4.55. The highest BCUT2D eigenvalue weighted by molar-refractivity contribution is 5.77. The number of para-hydroxylation sites is 1. The summed E-state index contributed by atoms with van der Waals surface area (Å²) in [6.45, 7) is 4.58. The van der Waals surface area contributed by atoms with E-state index in [4.69, 9.17) is 21.2 Å². The third kappa shape index (κ3) is 3.46. The number of fused-ring (bicyclic) bond motifs is 1. The predicted molar refractivity (Wildman–Crippen MR) is 111 cm³/mol. The molecule has 4 N–H and O–H groups in total. The van der Waals surface area contributed by atoms with E-state index in [0.29, 0.717) is 18.2 Å². The second-order valence-electron chi connectivity index (χ2n) is 6.75. The van der Waals surface area contributed by atoms with Gasteiger partial charge >= 0.3 is 0 Å². The Balaban J connectivity index is 1.68. The summed E-state index contributed by atoms with van der Waals surface area (Å²) in [4.78, 5) is 13.5. The molecular formula is C21H22N6O. The number of benzene rings is 1. The molecule has 0 spiro atoms. The van der Waals surface area contributed by atoms with Crippen LogP contribution < -0.4 is 16.2 Å². The van der Waals surface area contributed by atoms with Crippen LogP contribution in [0, 0.1) is 6.92 Å². The fourth-order valence-electron chi connectivity index (χ4n) is 3.31. The largest absolute Gasteiger partial charge is 0.491 e. The summed E-state index contributed by atoms with van der Waals surface area (Å²) in [5.41, 5.74) is 14.9. The summed E-state index contributed by atoms with van der Waals surface area (Å²) in [5, 5.41) is 0. The van der Waals surface area contributed by atoms with Gasteiger partial charge < -0.3 is 20.8 Å². The molecule has 7 nitrogen and oxygen atoms in total. The number of hydrogen-bond acceptors (Lipinski definition) is 6. The number of nitrogens with zero attached hydrogens (tertiary/aromatic N) is 4. The van der Waals surface area contributed by atoms with E-state index < -0.39 is 0 Å². The first-order valence-electron chi connectivity index (χ1n) is 9.08. The average Bonchev–Trinajstić information content (AvgIpc) is 3.01. The third-order valence-electron chi connectivity index (χ3n) is 4.55. The van der Waals surface area contributed by atoms with Crippen LogP contribution in [-0.2, 0) is 0 Å². The summed E-state index contributed by atoms with van der Waals surface area (Å²) >= 11 is 0. The highest BCUT2D eigenvalue weighted by Crippen LogP contribution is 2.26. The highest BCUT2D eigenvalue weighted by Gasteiger charge is 2.16. The Bertz CT molecular complexity index is 1100. The lowest BCUT2D eigenvalue weighted by Gasteiger charge is -2.17. The van der Waals surface area contributed by atoms with Crippen LogP contribution in [0.2, 0.25) is 0 Å². The van der Waals surface area contributed by atoms with Gasteiger partial charge in [0.25, 0.3) is 0 Å². The number of aryl methyl sites for hydroxylation is 1. The van der Waals surface area contributed by atoms with Gasteiger partial charge in [-0.1, -0.05) is 18.2 Å². The van der Waals surface area contributed by atoms with Crippen molar-refractivity contribution in [2.24, 2.45) is 0 Å². The van der Waals surface area contributed by atoms with Gasteiger partial charge in [0.1, 0.15) is 35.3 Å². The number of anilines is 2. The zero-order valence-electron chi connectivity index (χ0n) is 15.8. The van der Waals surface area contributed by atoms with E-state index in [9.17, 15) is 0 Å². The lowest BCUT2D eigenvalue weighted by molar-refractivity contribution is 0.261. The predicted octanol–water partition coefficient (Wildman–Crippen LogP) is 3.61. The number of nitrogens with two attached hydrogens (primary N) is 2. The van der Waals surface area contributed by atoms with Crippen molar-refractivity contribution in [1.29, 1.82) is 0 Å². The van der Waals surface area contributed by atoms with Crippen molar-refractivity contribution >= 4 is 22.8 Å². The van der Waals surface area contributed by atoms with Crippen molar-refractivity contribution in [3.05, 3.63) is 60.4 Å². The molecule has 0 saturated carbocycles. The van der Waals surface area contributed by atoms with Gasteiger partial charge in [-0.05, 0) is 50.2 Å². The molecular weight excluding hydrogens is 352 g/mol. The van der Waals surface area contributed by atoms with Crippen LogP contribution >= 0.6 is 0 Å². The number of hydrogen-bond donors (Lipinski definition) is 2. The molecule has 142 valence electrons. The summed E-state index contributed by atoms with van der Waals surface area (Å²) in [5.74, 6) is 2.46. The molecule has 28 heavy (non-hydrogen) atoms. The maximum Gasteiger partial charge on any atom is 0.161 e. The Morgan fingerprint density at radius 2 is 1.68 bits per heavy atom. The number of nitrogen functional groups attached to an aromatic ring is 2. The molecule has 7 heteroatoms. The van der Waals surface area contributed by atoms with E-state index in [1.165, 1.54) is 0 Å². The van der Waals surface area contributed by atoms with Crippen molar-refractivity contribution in [3.8, 4) is 17.0 Å². The smallest absolute Gasteiger partial charge is 0.161 e. The van der Waals surface area contributed by atoms with Crippen LogP contribution in [0.15, 0.2) is 54.6 Å². The summed E-state index contributed by atoms with van der Waals surface area (Å²) < 4.78 is 8.02. The van der Waals surface area contributed by atoms with Gasteiger partial charge in [-0.15, -0.1) is 0 Å². The maximum atomic E-state index is 5.92. The van der Waals surface area contributed by atoms with Crippen LogP contribution in [-0.4, -0.2) is 26.1 Å². The van der Waals surface area contributed by atoms with E-state index in [1.807, 2.05) is 49.4 Å². The topological polar surface area (TPSA) is 105 Å². The van der Waals surface area contributed by atoms with Crippen molar-refractivity contribution in [2.75, 3.05) is 18.1 Å². The molecule has 0 aliphatic heterocycles. The van der Waals surface area contributed by atoms with Crippen molar-refractivity contribution in [2.45, 2.75) is 19.9 Å².